The molecule has 2 rings (SSSR count). The highest BCUT2D eigenvalue weighted by molar-refractivity contribution is 5.94. The number of carboxylic acids is 2. The number of nitrogens with two attached hydrogens (primary N) is 1. The van der Waals surface area contributed by atoms with E-state index in [1.165, 1.54) is 0 Å². The number of benzene rings is 2. The van der Waals surface area contributed by atoms with Gasteiger partial charge in [-0.15, -0.1) is 0 Å². The third kappa shape index (κ3) is 7.90. The number of amides is 2. The minimum Gasteiger partial charge on any atom is -0.481 e. The van der Waals surface area contributed by atoms with Crippen LogP contribution in [0.4, 0.5) is 0 Å². The predicted octanol–water partition coefficient (Wildman–Crippen LogP) is 0.328. The SMILES string of the molecule is NC(Cc1ccccc1)C(=O)NC(CC(=O)O)C(=O)NC(Cc1ccccc1)C(=O)O. The Kier molecular flexibility index (Phi) is 8.71. The molecule has 0 radical (unpaired) electrons. The maximum absolute atomic E-state index is 12.6. The second-order valence-electron chi connectivity index (χ2n) is 7.04. The van der Waals surface area contributed by atoms with Gasteiger partial charge >= 0.3 is 11.9 Å². The van der Waals surface area contributed by atoms with Crippen molar-refractivity contribution in [2.75, 3.05) is 0 Å². The zero-order valence-corrected chi connectivity index (χ0v) is 16.7. The molecule has 164 valence electrons. The maximum atomic E-state index is 12.6. The van der Waals surface area contributed by atoms with Crippen LogP contribution in [0.2, 0.25) is 0 Å². The molecule has 2 aromatic carbocycles. The van der Waals surface area contributed by atoms with Crippen molar-refractivity contribution in [1.82, 2.24) is 10.6 Å². The summed E-state index contributed by atoms with van der Waals surface area (Å²) in [6, 6.07) is 13.9. The van der Waals surface area contributed by atoms with Crippen LogP contribution in [0.25, 0.3) is 0 Å². The van der Waals surface area contributed by atoms with Gasteiger partial charge < -0.3 is 26.6 Å². The van der Waals surface area contributed by atoms with Crippen molar-refractivity contribution in [3.8, 4) is 0 Å². The number of carbonyl (C=O) groups is 4. The number of hydrogen-bond acceptors (Lipinski definition) is 5. The van der Waals surface area contributed by atoms with Gasteiger partial charge in [-0.2, -0.15) is 0 Å². The van der Waals surface area contributed by atoms with Gasteiger partial charge in [-0.05, 0) is 17.5 Å². The molecule has 2 amide bonds. The minimum atomic E-state index is -1.47. The van der Waals surface area contributed by atoms with Crippen LogP contribution >= 0.6 is 0 Å². The minimum absolute atomic E-state index is 0.00315. The van der Waals surface area contributed by atoms with Crippen molar-refractivity contribution in [3.63, 3.8) is 0 Å². The van der Waals surface area contributed by atoms with Crippen molar-refractivity contribution in [2.45, 2.75) is 37.4 Å². The fourth-order valence-electron chi connectivity index (χ4n) is 2.95. The Labute approximate surface area is 179 Å². The van der Waals surface area contributed by atoms with Gasteiger partial charge in [0.2, 0.25) is 11.8 Å². The molecule has 31 heavy (non-hydrogen) atoms. The number of nitrogens with one attached hydrogen (secondary N) is 2. The lowest BCUT2D eigenvalue weighted by Gasteiger charge is -2.22. The Morgan fingerprint density at radius 2 is 1.23 bits per heavy atom. The molecule has 0 heterocycles. The zero-order valence-electron chi connectivity index (χ0n) is 16.7. The largest absolute Gasteiger partial charge is 0.481 e. The molecule has 0 saturated carbocycles. The first-order valence-electron chi connectivity index (χ1n) is 9.65. The van der Waals surface area contributed by atoms with E-state index < -0.39 is 48.3 Å². The molecule has 3 atom stereocenters. The van der Waals surface area contributed by atoms with E-state index in [1.54, 1.807) is 54.6 Å². The smallest absolute Gasteiger partial charge is 0.326 e. The molecule has 6 N–H and O–H groups in total. The molecule has 0 aliphatic heterocycles. The van der Waals surface area contributed by atoms with E-state index in [0.717, 1.165) is 5.56 Å². The quantitative estimate of drug-likeness (QED) is 0.345. The molecule has 2 aromatic rings. The van der Waals surface area contributed by atoms with Crippen LogP contribution in [-0.2, 0) is 32.0 Å². The number of hydrogen-bond donors (Lipinski definition) is 5. The first-order chi connectivity index (χ1) is 14.8. The summed E-state index contributed by atoms with van der Waals surface area (Å²) in [5.74, 6) is -4.23. The molecule has 0 bridgehead atoms. The third-order valence-electron chi connectivity index (χ3n) is 4.54. The van der Waals surface area contributed by atoms with Crippen molar-refractivity contribution in [2.24, 2.45) is 5.73 Å². The topological polar surface area (TPSA) is 159 Å². The van der Waals surface area contributed by atoms with Crippen LogP contribution in [0.3, 0.4) is 0 Å². The average Bonchev–Trinajstić information content (AvgIpc) is 2.73. The van der Waals surface area contributed by atoms with Gasteiger partial charge in [-0.1, -0.05) is 60.7 Å². The molecule has 0 aliphatic carbocycles. The van der Waals surface area contributed by atoms with Crippen LogP contribution in [0, 0.1) is 0 Å². The van der Waals surface area contributed by atoms with Gasteiger partial charge in [-0.3, -0.25) is 14.4 Å². The van der Waals surface area contributed by atoms with Crippen LogP contribution in [0.5, 0.6) is 0 Å². The van der Waals surface area contributed by atoms with Gasteiger partial charge in [0, 0.05) is 6.42 Å². The monoisotopic (exact) mass is 427 g/mol. The Bertz CT molecular complexity index is 904. The molecule has 0 saturated heterocycles. The second-order valence-corrected chi connectivity index (χ2v) is 7.04. The summed E-state index contributed by atoms with van der Waals surface area (Å²) in [5.41, 5.74) is 7.38. The lowest BCUT2D eigenvalue weighted by molar-refractivity contribution is -0.143. The van der Waals surface area contributed by atoms with Crippen molar-refractivity contribution >= 4 is 23.8 Å². The van der Waals surface area contributed by atoms with E-state index in [9.17, 15) is 24.3 Å². The summed E-state index contributed by atoms with van der Waals surface area (Å²) in [6.07, 6.45) is -0.518. The summed E-state index contributed by atoms with van der Waals surface area (Å²) in [7, 11) is 0. The van der Waals surface area contributed by atoms with Gasteiger partial charge in [0.1, 0.15) is 12.1 Å². The second kappa shape index (κ2) is 11.5. The number of carboxylic acid groups (broad SMARTS) is 2. The van der Waals surface area contributed by atoms with E-state index in [1.807, 2.05) is 6.07 Å². The molecule has 0 aliphatic rings. The van der Waals surface area contributed by atoms with Gasteiger partial charge in [-0.25, -0.2) is 4.79 Å². The summed E-state index contributed by atoms with van der Waals surface area (Å²) in [6.45, 7) is 0. The number of rotatable bonds is 11. The molecule has 9 heteroatoms. The summed E-state index contributed by atoms with van der Waals surface area (Å²) >= 11 is 0. The third-order valence-corrected chi connectivity index (χ3v) is 4.54. The first kappa shape index (κ1) is 23.6. The number of carbonyl (C=O) groups excluding carboxylic acids is 2. The van der Waals surface area contributed by atoms with E-state index in [0.29, 0.717) is 5.56 Å². The fraction of sp³-hybridized carbons (Fsp3) is 0.273. The van der Waals surface area contributed by atoms with Crippen LogP contribution in [-0.4, -0.2) is 52.1 Å². The van der Waals surface area contributed by atoms with Crippen LogP contribution in [0.15, 0.2) is 60.7 Å². The Hall–Kier alpha value is -3.72. The standard InChI is InChI=1S/C22H25N3O6/c23-16(11-14-7-3-1-4-8-14)20(28)24-17(13-19(26)27)21(29)25-18(22(30)31)12-15-9-5-2-6-10-15/h1-10,16-18H,11-13,23H2,(H,24,28)(H,25,29)(H,26,27)(H,30,31). The van der Waals surface area contributed by atoms with Crippen LogP contribution < -0.4 is 16.4 Å². The van der Waals surface area contributed by atoms with E-state index >= 15 is 0 Å². The molecular formula is C22H25N3O6. The van der Waals surface area contributed by atoms with E-state index in [2.05, 4.69) is 10.6 Å². The highest BCUT2D eigenvalue weighted by atomic mass is 16.4. The average molecular weight is 427 g/mol. The van der Waals surface area contributed by atoms with Crippen molar-refractivity contribution in [3.05, 3.63) is 71.8 Å². The maximum Gasteiger partial charge on any atom is 0.326 e. The molecule has 0 fully saturated rings. The highest BCUT2D eigenvalue weighted by Crippen LogP contribution is 2.06. The Morgan fingerprint density at radius 1 is 0.742 bits per heavy atom. The van der Waals surface area contributed by atoms with Crippen LogP contribution in [0.1, 0.15) is 17.5 Å². The zero-order chi connectivity index (χ0) is 22.8. The van der Waals surface area contributed by atoms with Gasteiger partial charge in [0.05, 0.1) is 12.5 Å². The first-order valence-corrected chi connectivity index (χ1v) is 9.65. The highest BCUT2D eigenvalue weighted by Gasteiger charge is 2.29. The number of aliphatic carboxylic acids is 2. The van der Waals surface area contributed by atoms with Gasteiger partial charge in [0.25, 0.3) is 0 Å². The van der Waals surface area contributed by atoms with Crippen molar-refractivity contribution in [1.29, 1.82) is 0 Å². The van der Waals surface area contributed by atoms with Gasteiger partial charge in [0.15, 0.2) is 0 Å². The Balaban J connectivity index is 2.05. The van der Waals surface area contributed by atoms with Crippen molar-refractivity contribution < 1.29 is 29.4 Å². The van der Waals surface area contributed by atoms with E-state index in [4.69, 9.17) is 10.8 Å². The summed E-state index contributed by atoms with van der Waals surface area (Å²) in [5, 5.41) is 23.2. The molecule has 3 unspecified atom stereocenters. The lowest BCUT2D eigenvalue weighted by Crippen LogP contribution is -2.55. The summed E-state index contributed by atoms with van der Waals surface area (Å²) in [4.78, 5) is 47.8. The molecule has 0 aromatic heterocycles. The van der Waals surface area contributed by atoms with E-state index in [-0.39, 0.29) is 12.8 Å². The molecule has 0 spiro atoms. The lowest BCUT2D eigenvalue weighted by atomic mass is 10.0. The Morgan fingerprint density at radius 3 is 1.71 bits per heavy atom. The predicted molar refractivity (Wildman–Crippen MR) is 112 cm³/mol. The fourth-order valence-corrected chi connectivity index (χ4v) is 2.95. The molecule has 9 nitrogen and oxygen atoms in total. The normalized spacial score (nSPS) is 13.5. The molecular weight excluding hydrogens is 402 g/mol. The summed E-state index contributed by atoms with van der Waals surface area (Å²) < 4.78 is 0.